The predicted molar refractivity (Wildman–Crippen MR) is 74.4 cm³/mol. The molecule has 1 N–H and O–H groups in total. The first-order valence-electron chi connectivity index (χ1n) is 5.89. The topological polar surface area (TPSA) is 81.7 Å². The van der Waals surface area contributed by atoms with Crippen LogP contribution in [0.3, 0.4) is 0 Å². The monoisotopic (exact) mass is 321 g/mol. The van der Waals surface area contributed by atoms with E-state index in [0.717, 1.165) is 0 Å². The van der Waals surface area contributed by atoms with Crippen LogP contribution in [-0.4, -0.2) is 34.6 Å². The van der Waals surface area contributed by atoms with Gasteiger partial charge in [0, 0.05) is 6.54 Å². The molecule has 1 aromatic rings. The van der Waals surface area contributed by atoms with Crippen molar-refractivity contribution in [1.82, 2.24) is 4.72 Å². The molecule has 0 spiro atoms. The van der Waals surface area contributed by atoms with Crippen molar-refractivity contribution in [2.75, 3.05) is 20.3 Å². The summed E-state index contributed by atoms with van der Waals surface area (Å²) >= 11 is 5.93. The van der Waals surface area contributed by atoms with Crippen LogP contribution < -0.4 is 9.46 Å². The van der Waals surface area contributed by atoms with Gasteiger partial charge in [-0.25, -0.2) is 17.9 Å². The molecule has 8 heteroatoms. The number of ether oxygens (including phenoxy) is 2. The van der Waals surface area contributed by atoms with Crippen molar-refractivity contribution >= 4 is 27.6 Å². The van der Waals surface area contributed by atoms with E-state index in [0.29, 0.717) is 13.0 Å². The molecule has 6 nitrogen and oxygen atoms in total. The molecule has 1 aromatic carbocycles. The summed E-state index contributed by atoms with van der Waals surface area (Å²) < 4.78 is 35.7. The van der Waals surface area contributed by atoms with Crippen LogP contribution in [-0.2, 0) is 19.6 Å². The highest BCUT2D eigenvalue weighted by Crippen LogP contribution is 2.27. The van der Waals surface area contributed by atoms with Gasteiger partial charge in [0.1, 0.15) is 5.75 Å². The van der Waals surface area contributed by atoms with Crippen LogP contribution in [0.1, 0.15) is 13.3 Å². The maximum atomic E-state index is 11.9. The van der Waals surface area contributed by atoms with E-state index in [1.165, 1.54) is 25.3 Å². The van der Waals surface area contributed by atoms with Crippen molar-refractivity contribution < 1.29 is 22.7 Å². The van der Waals surface area contributed by atoms with Crippen LogP contribution in [0, 0.1) is 0 Å². The molecule has 20 heavy (non-hydrogen) atoms. The van der Waals surface area contributed by atoms with Gasteiger partial charge in [0.05, 0.1) is 17.0 Å². The summed E-state index contributed by atoms with van der Waals surface area (Å²) in [5.41, 5.74) is 0. The lowest BCUT2D eigenvalue weighted by Crippen LogP contribution is -2.24. The van der Waals surface area contributed by atoms with E-state index in [2.05, 4.69) is 9.46 Å². The Kier molecular flexibility index (Phi) is 6.25. The van der Waals surface area contributed by atoms with E-state index in [9.17, 15) is 13.2 Å². The Hall–Kier alpha value is -1.31. The first kappa shape index (κ1) is 16.7. The van der Waals surface area contributed by atoms with E-state index in [1.807, 2.05) is 6.92 Å². The molecule has 0 aliphatic carbocycles. The minimum Gasteiger partial charge on any atom is -0.480 e. The lowest BCUT2D eigenvalue weighted by Gasteiger charge is -2.09. The first-order valence-corrected chi connectivity index (χ1v) is 7.75. The molecule has 1 rings (SSSR count). The van der Waals surface area contributed by atoms with Crippen molar-refractivity contribution in [2.45, 2.75) is 18.2 Å². The van der Waals surface area contributed by atoms with Gasteiger partial charge in [0.15, 0.2) is 6.61 Å². The molecular formula is C12H16ClNO5S. The molecule has 0 saturated carbocycles. The second-order valence-electron chi connectivity index (χ2n) is 3.85. The van der Waals surface area contributed by atoms with Crippen LogP contribution in [0.4, 0.5) is 0 Å². The molecule has 0 amide bonds. The number of methoxy groups -OCH3 is 1. The third-order valence-corrected chi connectivity index (χ3v) is 4.08. The highest BCUT2D eigenvalue weighted by Gasteiger charge is 2.15. The van der Waals surface area contributed by atoms with Crippen LogP contribution in [0.15, 0.2) is 23.1 Å². The maximum Gasteiger partial charge on any atom is 0.343 e. The Morgan fingerprint density at radius 2 is 2.10 bits per heavy atom. The standard InChI is InChI=1S/C12H16ClNO5S/c1-3-6-14-20(16,17)9-4-5-11(10(13)7-9)19-8-12(15)18-2/h4-5,7,14H,3,6,8H2,1-2H3. The third-order valence-electron chi connectivity index (χ3n) is 2.33. The summed E-state index contributed by atoms with van der Waals surface area (Å²) in [6, 6.07) is 4.02. The fourth-order valence-electron chi connectivity index (χ4n) is 1.28. The summed E-state index contributed by atoms with van der Waals surface area (Å²) in [5.74, 6) is -0.339. The number of rotatable bonds is 7. The Bertz CT molecular complexity index is 573. The number of esters is 1. The Morgan fingerprint density at radius 3 is 2.65 bits per heavy atom. The third kappa shape index (κ3) is 4.66. The van der Waals surface area contributed by atoms with E-state index >= 15 is 0 Å². The zero-order valence-corrected chi connectivity index (χ0v) is 12.8. The van der Waals surface area contributed by atoms with Crippen molar-refractivity contribution in [3.63, 3.8) is 0 Å². The van der Waals surface area contributed by atoms with Crippen molar-refractivity contribution in [3.8, 4) is 5.75 Å². The fourth-order valence-corrected chi connectivity index (χ4v) is 2.74. The molecule has 0 saturated heterocycles. The number of hydrogen-bond acceptors (Lipinski definition) is 5. The number of halogens is 1. The first-order chi connectivity index (χ1) is 9.40. The van der Waals surface area contributed by atoms with Crippen molar-refractivity contribution in [3.05, 3.63) is 23.2 Å². The molecule has 0 fully saturated rings. The van der Waals surface area contributed by atoms with Crippen LogP contribution in [0.25, 0.3) is 0 Å². The van der Waals surface area contributed by atoms with Crippen LogP contribution in [0.5, 0.6) is 5.75 Å². The zero-order valence-electron chi connectivity index (χ0n) is 11.2. The molecule has 0 aromatic heterocycles. The summed E-state index contributed by atoms with van der Waals surface area (Å²) in [7, 11) is -2.34. The molecule has 112 valence electrons. The Balaban J connectivity index is 2.85. The van der Waals surface area contributed by atoms with Crippen molar-refractivity contribution in [2.24, 2.45) is 0 Å². The normalized spacial score (nSPS) is 11.2. The molecule has 0 heterocycles. The predicted octanol–water partition coefficient (Wildman–Crippen LogP) is 1.58. The molecule has 0 aliphatic heterocycles. The highest BCUT2D eigenvalue weighted by molar-refractivity contribution is 7.89. The average Bonchev–Trinajstić information content (AvgIpc) is 2.43. The summed E-state index contributed by atoms with van der Waals surface area (Å²) in [6.07, 6.45) is 0.688. The van der Waals surface area contributed by atoms with Gasteiger partial charge in [-0.05, 0) is 24.6 Å². The molecule has 0 unspecified atom stereocenters. The van der Waals surface area contributed by atoms with Gasteiger partial charge in [-0.1, -0.05) is 18.5 Å². The van der Waals surface area contributed by atoms with Crippen LogP contribution in [0.2, 0.25) is 5.02 Å². The molecular weight excluding hydrogens is 306 g/mol. The number of benzene rings is 1. The number of sulfonamides is 1. The van der Waals surface area contributed by atoms with Gasteiger partial charge < -0.3 is 9.47 Å². The Morgan fingerprint density at radius 1 is 1.40 bits per heavy atom. The van der Waals surface area contributed by atoms with Gasteiger partial charge >= 0.3 is 5.97 Å². The van der Waals surface area contributed by atoms with Gasteiger partial charge in [-0.2, -0.15) is 0 Å². The number of carbonyl (C=O) groups is 1. The van der Waals surface area contributed by atoms with E-state index < -0.39 is 16.0 Å². The van der Waals surface area contributed by atoms with Gasteiger partial charge in [-0.15, -0.1) is 0 Å². The SMILES string of the molecule is CCCNS(=O)(=O)c1ccc(OCC(=O)OC)c(Cl)c1. The molecule has 0 aliphatic rings. The van der Waals surface area contributed by atoms with E-state index in [-0.39, 0.29) is 22.3 Å². The molecule has 0 radical (unpaired) electrons. The fraction of sp³-hybridized carbons (Fsp3) is 0.417. The second kappa shape index (κ2) is 7.47. The quantitative estimate of drug-likeness (QED) is 0.771. The summed E-state index contributed by atoms with van der Waals surface area (Å²) in [4.78, 5) is 11.0. The van der Waals surface area contributed by atoms with E-state index in [1.54, 1.807) is 0 Å². The van der Waals surface area contributed by atoms with Gasteiger partial charge in [0.25, 0.3) is 0 Å². The zero-order chi connectivity index (χ0) is 15.2. The maximum absolute atomic E-state index is 11.9. The van der Waals surface area contributed by atoms with Gasteiger partial charge in [0.2, 0.25) is 10.0 Å². The number of carbonyl (C=O) groups excluding carboxylic acids is 1. The smallest absolute Gasteiger partial charge is 0.343 e. The summed E-state index contributed by atoms with van der Waals surface area (Å²) in [5, 5.41) is 0.105. The minimum absolute atomic E-state index is 0.0429. The Labute approximate surface area is 123 Å². The molecule has 0 bridgehead atoms. The molecule has 0 atom stereocenters. The second-order valence-corrected chi connectivity index (χ2v) is 6.03. The number of nitrogens with one attached hydrogen (secondary N) is 1. The average molecular weight is 322 g/mol. The lowest BCUT2D eigenvalue weighted by atomic mass is 10.3. The van der Waals surface area contributed by atoms with Gasteiger partial charge in [-0.3, -0.25) is 0 Å². The summed E-state index contributed by atoms with van der Waals surface area (Å²) in [6.45, 7) is 1.91. The lowest BCUT2D eigenvalue weighted by molar-refractivity contribution is -0.142. The largest absolute Gasteiger partial charge is 0.480 e. The van der Waals surface area contributed by atoms with E-state index in [4.69, 9.17) is 16.3 Å². The number of hydrogen-bond donors (Lipinski definition) is 1. The van der Waals surface area contributed by atoms with Crippen molar-refractivity contribution in [1.29, 1.82) is 0 Å². The highest BCUT2D eigenvalue weighted by atomic mass is 35.5. The van der Waals surface area contributed by atoms with Crippen LogP contribution >= 0.6 is 11.6 Å². The minimum atomic E-state index is -3.58.